The van der Waals surface area contributed by atoms with Gasteiger partial charge in [-0.2, -0.15) is 9.40 Å². The standard InChI is InChI=1S/C24H28ClN5O3S/c1-18-9-10-20(25)15-22(18)29-11-13-30(14-12-29)34(32,33)23-21(17-28(3)26-23)24(31)27(2)16-19-7-5-4-6-8-19/h4-10,15,17H,11-14,16H2,1-3H3. The molecule has 0 N–H and O–H groups in total. The average molecular weight is 502 g/mol. The highest BCUT2D eigenvalue weighted by Crippen LogP contribution is 2.27. The van der Waals surface area contributed by atoms with Crippen LogP contribution in [-0.4, -0.2) is 66.5 Å². The second kappa shape index (κ2) is 9.77. The molecule has 1 aliphatic heterocycles. The molecular formula is C24H28ClN5O3S. The zero-order valence-corrected chi connectivity index (χ0v) is 21.1. The molecule has 0 saturated carbocycles. The highest BCUT2D eigenvalue weighted by atomic mass is 35.5. The lowest BCUT2D eigenvalue weighted by Crippen LogP contribution is -2.49. The molecular weight excluding hydrogens is 474 g/mol. The highest BCUT2D eigenvalue weighted by Gasteiger charge is 2.35. The highest BCUT2D eigenvalue weighted by molar-refractivity contribution is 7.89. The number of sulfonamides is 1. The maximum Gasteiger partial charge on any atom is 0.263 e. The summed E-state index contributed by atoms with van der Waals surface area (Å²) in [6, 6.07) is 15.3. The van der Waals surface area contributed by atoms with E-state index in [1.165, 1.54) is 20.1 Å². The van der Waals surface area contributed by atoms with Crippen LogP contribution in [0, 0.1) is 6.92 Å². The molecule has 3 aromatic rings. The number of anilines is 1. The van der Waals surface area contributed by atoms with Crippen LogP contribution >= 0.6 is 11.6 Å². The molecule has 180 valence electrons. The summed E-state index contributed by atoms with van der Waals surface area (Å²) in [6.45, 7) is 3.99. The third kappa shape index (κ3) is 4.96. The van der Waals surface area contributed by atoms with E-state index in [0.29, 0.717) is 37.7 Å². The predicted octanol–water partition coefficient (Wildman–Crippen LogP) is 3.17. The van der Waals surface area contributed by atoms with Gasteiger partial charge in [-0.3, -0.25) is 9.48 Å². The van der Waals surface area contributed by atoms with Gasteiger partial charge in [-0.25, -0.2) is 8.42 Å². The number of piperazine rings is 1. The van der Waals surface area contributed by atoms with Crippen LogP contribution < -0.4 is 4.90 Å². The van der Waals surface area contributed by atoms with E-state index in [1.54, 1.807) is 14.1 Å². The summed E-state index contributed by atoms with van der Waals surface area (Å²) >= 11 is 6.16. The van der Waals surface area contributed by atoms with Gasteiger partial charge in [0.1, 0.15) is 0 Å². The molecule has 1 fully saturated rings. The molecule has 2 heterocycles. The first kappa shape index (κ1) is 24.3. The number of nitrogens with zero attached hydrogens (tertiary/aromatic N) is 5. The number of aromatic nitrogens is 2. The number of benzene rings is 2. The van der Waals surface area contributed by atoms with E-state index in [0.717, 1.165) is 16.8 Å². The maximum absolute atomic E-state index is 13.5. The van der Waals surface area contributed by atoms with E-state index in [1.807, 2.05) is 55.5 Å². The zero-order chi connectivity index (χ0) is 24.5. The van der Waals surface area contributed by atoms with Gasteiger partial charge in [0.2, 0.25) is 5.03 Å². The normalized spacial score (nSPS) is 14.9. The number of carbonyl (C=O) groups excluding carboxylic acids is 1. The summed E-state index contributed by atoms with van der Waals surface area (Å²) in [4.78, 5) is 16.8. The Kier molecular flexibility index (Phi) is 6.97. The van der Waals surface area contributed by atoms with Gasteiger partial charge >= 0.3 is 0 Å². The maximum atomic E-state index is 13.5. The molecule has 1 amide bonds. The fourth-order valence-electron chi connectivity index (χ4n) is 4.15. The van der Waals surface area contributed by atoms with Gasteiger partial charge in [0.05, 0.1) is 5.56 Å². The van der Waals surface area contributed by atoms with Gasteiger partial charge in [0.25, 0.3) is 15.9 Å². The second-order valence-corrected chi connectivity index (χ2v) is 10.8. The van der Waals surface area contributed by atoms with Crippen LogP contribution in [0.3, 0.4) is 0 Å². The van der Waals surface area contributed by atoms with Crippen LogP contribution in [0.2, 0.25) is 5.02 Å². The molecule has 4 rings (SSSR count). The van der Waals surface area contributed by atoms with Crippen LogP contribution in [0.4, 0.5) is 5.69 Å². The van der Waals surface area contributed by atoms with Gasteiger partial charge in [-0.1, -0.05) is 48.0 Å². The smallest absolute Gasteiger partial charge is 0.263 e. The van der Waals surface area contributed by atoms with E-state index in [4.69, 9.17) is 11.6 Å². The van der Waals surface area contributed by atoms with Crippen molar-refractivity contribution < 1.29 is 13.2 Å². The summed E-state index contributed by atoms with van der Waals surface area (Å²) in [5.74, 6) is -0.385. The van der Waals surface area contributed by atoms with Gasteiger partial charge in [0.15, 0.2) is 0 Å². The molecule has 10 heteroatoms. The molecule has 1 aromatic heterocycles. The Balaban J connectivity index is 1.52. The second-order valence-electron chi connectivity index (χ2n) is 8.49. The minimum atomic E-state index is -3.95. The number of carbonyl (C=O) groups is 1. The number of halogens is 1. The summed E-state index contributed by atoms with van der Waals surface area (Å²) in [5, 5.41) is 4.62. The molecule has 0 unspecified atom stereocenters. The molecule has 0 spiro atoms. The van der Waals surface area contributed by atoms with Crippen molar-refractivity contribution in [3.8, 4) is 0 Å². The van der Waals surface area contributed by atoms with Gasteiger partial charge < -0.3 is 9.80 Å². The Morgan fingerprint density at radius 2 is 1.76 bits per heavy atom. The third-order valence-electron chi connectivity index (χ3n) is 5.97. The molecule has 8 nitrogen and oxygen atoms in total. The number of aryl methyl sites for hydroxylation is 2. The summed E-state index contributed by atoms with van der Waals surface area (Å²) in [6.07, 6.45) is 1.47. The first-order chi connectivity index (χ1) is 16.2. The molecule has 1 aliphatic rings. The molecule has 1 saturated heterocycles. The zero-order valence-electron chi connectivity index (χ0n) is 19.5. The van der Waals surface area contributed by atoms with Crippen molar-refractivity contribution in [2.75, 3.05) is 38.1 Å². The van der Waals surface area contributed by atoms with E-state index >= 15 is 0 Å². The molecule has 0 radical (unpaired) electrons. The Hall–Kier alpha value is -2.88. The first-order valence-electron chi connectivity index (χ1n) is 11.0. The van der Waals surface area contributed by atoms with Crippen molar-refractivity contribution in [2.24, 2.45) is 7.05 Å². The summed E-state index contributed by atoms with van der Waals surface area (Å²) in [7, 11) is -0.671. The van der Waals surface area contributed by atoms with E-state index in [9.17, 15) is 13.2 Å². The Morgan fingerprint density at radius 3 is 2.44 bits per heavy atom. The Morgan fingerprint density at radius 1 is 1.09 bits per heavy atom. The monoisotopic (exact) mass is 501 g/mol. The van der Waals surface area contributed by atoms with Crippen molar-refractivity contribution in [1.82, 2.24) is 19.0 Å². The fourth-order valence-corrected chi connectivity index (χ4v) is 5.86. The molecule has 0 atom stereocenters. The van der Waals surface area contributed by atoms with Crippen LogP contribution in [0.15, 0.2) is 59.8 Å². The number of amides is 1. The van der Waals surface area contributed by atoms with Crippen LogP contribution in [0.25, 0.3) is 0 Å². The fraction of sp³-hybridized carbons (Fsp3) is 0.333. The van der Waals surface area contributed by atoms with Gasteiger partial charge in [-0.15, -0.1) is 0 Å². The number of hydrogen-bond acceptors (Lipinski definition) is 5. The van der Waals surface area contributed by atoms with E-state index < -0.39 is 10.0 Å². The van der Waals surface area contributed by atoms with E-state index in [2.05, 4.69) is 10.00 Å². The van der Waals surface area contributed by atoms with Crippen LogP contribution in [0.1, 0.15) is 21.5 Å². The van der Waals surface area contributed by atoms with Crippen LogP contribution in [0.5, 0.6) is 0 Å². The molecule has 2 aromatic carbocycles. The van der Waals surface area contributed by atoms with Crippen molar-refractivity contribution in [3.05, 3.63) is 76.4 Å². The Labute approximate surface area is 205 Å². The lowest BCUT2D eigenvalue weighted by Gasteiger charge is -2.36. The summed E-state index contributed by atoms with van der Waals surface area (Å²) < 4.78 is 29.8. The molecule has 0 aliphatic carbocycles. The van der Waals surface area contributed by atoms with Crippen molar-refractivity contribution in [3.63, 3.8) is 0 Å². The Bertz CT molecular complexity index is 1290. The number of rotatable bonds is 6. The first-order valence-corrected chi connectivity index (χ1v) is 12.8. The quantitative estimate of drug-likeness (QED) is 0.518. The molecule has 34 heavy (non-hydrogen) atoms. The molecule has 0 bridgehead atoms. The lowest BCUT2D eigenvalue weighted by molar-refractivity contribution is 0.0781. The van der Waals surface area contributed by atoms with Crippen LogP contribution in [-0.2, 0) is 23.6 Å². The largest absolute Gasteiger partial charge is 0.369 e. The minimum absolute atomic E-state index is 0.0778. The minimum Gasteiger partial charge on any atom is -0.369 e. The number of hydrogen-bond donors (Lipinski definition) is 0. The van der Waals surface area contributed by atoms with Gasteiger partial charge in [-0.05, 0) is 30.2 Å². The topological polar surface area (TPSA) is 78.8 Å². The third-order valence-corrected chi connectivity index (χ3v) is 8.04. The SMILES string of the molecule is Cc1ccc(Cl)cc1N1CCN(S(=O)(=O)c2nn(C)cc2C(=O)N(C)Cc2ccccc2)CC1. The lowest BCUT2D eigenvalue weighted by atomic mass is 10.1. The van der Waals surface area contributed by atoms with Gasteiger partial charge in [0, 0.05) is 63.7 Å². The predicted molar refractivity (Wildman–Crippen MR) is 133 cm³/mol. The summed E-state index contributed by atoms with van der Waals surface area (Å²) in [5.41, 5.74) is 3.12. The average Bonchev–Trinajstić information content (AvgIpc) is 3.23. The van der Waals surface area contributed by atoms with Crippen molar-refractivity contribution >= 4 is 33.2 Å². The van der Waals surface area contributed by atoms with Crippen molar-refractivity contribution in [1.29, 1.82) is 0 Å². The van der Waals surface area contributed by atoms with E-state index in [-0.39, 0.29) is 16.5 Å². The van der Waals surface area contributed by atoms with Crippen molar-refractivity contribution in [2.45, 2.75) is 18.5 Å².